The Hall–Kier alpha value is -1.73. The summed E-state index contributed by atoms with van der Waals surface area (Å²) in [6, 6.07) is 3.36. The fourth-order valence-corrected chi connectivity index (χ4v) is 2.48. The van der Waals surface area contributed by atoms with E-state index in [0.717, 1.165) is 27.8 Å². The molecule has 4 heteroatoms. The quantitative estimate of drug-likeness (QED) is 0.571. The number of hydrogen-bond donors (Lipinski definition) is 0. The Morgan fingerprint density at radius 3 is 2.65 bits per heavy atom. The van der Waals surface area contributed by atoms with Gasteiger partial charge in [-0.2, -0.15) is 5.26 Å². The molecule has 0 radical (unpaired) electrons. The van der Waals surface area contributed by atoms with Crippen LogP contribution >= 0.6 is 11.8 Å². The van der Waals surface area contributed by atoms with E-state index in [1.807, 2.05) is 25.3 Å². The van der Waals surface area contributed by atoms with Crippen molar-refractivity contribution in [1.82, 2.24) is 0 Å². The highest BCUT2D eigenvalue weighted by atomic mass is 32.2. The van der Waals surface area contributed by atoms with Crippen molar-refractivity contribution >= 4 is 22.7 Å². The van der Waals surface area contributed by atoms with Crippen molar-refractivity contribution in [2.45, 2.75) is 25.7 Å². The highest BCUT2D eigenvalue weighted by molar-refractivity contribution is 8.03. The van der Waals surface area contributed by atoms with E-state index in [-0.39, 0.29) is 5.43 Å². The molecule has 17 heavy (non-hydrogen) atoms. The number of fused-ring (bicyclic) bond motifs is 1. The number of benzene rings is 1. The molecule has 3 nitrogen and oxygen atoms in total. The molecular formula is C13H11NO2S. The first-order chi connectivity index (χ1) is 8.04. The van der Waals surface area contributed by atoms with Crippen molar-refractivity contribution < 1.29 is 4.42 Å². The third-order valence-electron chi connectivity index (χ3n) is 2.68. The minimum absolute atomic E-state index is 0.0512. The molecule has 1 aromatic carbocycles. The van der Waals surface area contributed by atoms with Gasteiger partial charge in [0.15, 0.2) is 5.43 Å². The van der Waals surface area contributed by atoms with Gasteiger partial charge in [-0.15, -0.1) is 0 Å². The largest absolute Gasteiger partial charge is 0.461 e. The van der Waals surface area contributed by atoms with Gasteiger partial charge in [0, 0.05) is 11.0 Å². The van der Waals surface area contributed by atoms with Crippen LogP contribution in [0.15, 0.2) is 26.2 Å². The first-order valence-electron chi connectivity index (χ1n) is 5.15. The molecule has 0 atom stereocenters. The standard InChI is InChI=1S/C13H11NO2S/c1-7-4-11(17-6-14)9(3)12-10(15)5-8(2)16-13(7)12/h4-5H,1-3H3. The lowest BCUT2D eigenvalue weighted by molar-refractivity contribution is 0.562. The molecule has 0 bridgehead atoms. The number of aryl methyl sites for hydroxylation is 3. The van der Waals surface area contributed by atoms with Crippen molar-refractivity contribution in [3.8, 4) is 5.40 Å². The SMILES string of the molecule is Cc1cc(=O)c2c(C)c(SC#N)cc(C)c2o1. The van der Waals surface area contributed by atoms with Gasteiger partial charge in [0.25, 0.3) is 0 Å². The molecule has 1 aromatic heterocycles. The molecule has 0 spiro atoms. The third kappa shape index (κ3) is 1.94. The molecule has 0 unspecified atom stereocenters. The van der Waals surface area contributed by atoms with Crippen LogP contribution in [0.3, 0.4) is 0 Å². The van der Waals surface area contributed by atoms with Gasteiger partial charge in [0.2, 0.25) is 0 Å². The summed E-state index contributed by atoms with van der Waals surface area (Å²) in [6.45, 7) is 5.48. The second kappa shape index (κ2) is 4.27. The van der Waals surface area contributed by atoms with Gasteiger partial charge in [-0.05, 0) is 49.7 Å². The second-order valence-corrected chi connectivity index (χ2v) is 4.76. The maximum absolute atomic E-state index is 12.0. The maximum atomic E-state index is 12.0. The molecule has 2 aromatic rings. The summed E-state index contributed by atoms with van der Waals surface area (Å²) in [5.74, 6) is 0.602. The highest BCUT2D eigenvalue weighted by Gasteiger charge is 2.12. The molecule has 0 saturated carbocycles. The second-order valence-electron chi connectivity index (χ2n) is 3.94. The number of nitrogens with zero attached hydrogens (tertiary/aromatic N) is 1. The topological polar surface area (TPSA) is 54.0 Å². The van der Waals surface area contributed by atoms with Crippen LogP contribution in [0.4, 0.5) is 0 Å². The summed E-state index contributed by atoms with van der Waals surface area (Å²) < 4.78 is 5.60. The monoisotopic (exact) mass is 245 g/mol. The molecule has 0 fully saturated rings. The lowest BCUT2D eigenvalue weighted by atomic mass is 10.1. The van der Waals surface area contributed by atoms with E-state index in [0.29, 0.717) is 16.7 Å². The number of hydrogen-bond acceptors (Lipinski definition) is 4. The Bertz CT molecular complexity index is 695. The van der Waals surface area contributed by atoms with Gasteiger partial charge in [-0.3, -0.25) is 4.79 Å². The summed E-state index contributed by atoms with van der Waals surface area (Å²) in [6.07, 6.45) is 0. The van der Waals surface area contributed by atoms with Gasteiger partial charge in [-0.1, -0.05) is 0 Å². The summed E-state index contributed by atoms with van der Waals surface area (Å²) >= 11 is 1.07. The van der Waals surface area contributed by atoms with Gasteiger partial charge in [0.1, 0.15) is 16.7 Å². The summed E-state index contributed by atoms with van der Waals surface area (Å²) in [4.78, 5) is 12.8. The molecule has 1 heterocycles. The van der Waals surface area contributed by atoms with E-state index < -0.39 is 0 Å². The Morgan fingerprint density at radius 2 is 2.00 bits per heavy atom. The molecule has 0 aliphatic heterocycles. The average molecular weight is 245 g/mol. The van der Waals surface area contributed by atoms with Gasteiger partial charge in [0.05, 0.1) is 5.39 Å². The Kier molecular flexibility index (Phi) is 2.95. The Balaban J connectivity index is 2.95. The van der Waals surface area contributed by atoms with E-state index in [9.17, 15) is 4.79 Å². The fourth-order valence-electron chi connectivity index (χ4n) is 1.89. The average Bonchev–Trinajstić information content (AvgIpc) is 2.25. The minimum Gasteiger partial charge on any atom is -0.461 e. The normalized spacial score (nSPS) is 10.5. The van der Waals surface area contributed by atoms with Crippen LogP contribution in [0.2, 0.25) is 0 Å². The maximum Gasteiger partial charge on any atom is 0.193 e. The van der Waals surface area contributed by atoms with Crippen molar-refractivity contribution in [1.29, 1.82) is 5.26 Å². The molecule has 2 rings (SSSR count). The Labute approximate surface area is 103 Å². The van der Waals surface area contributed by atoms with Crippen molar-refractivity contribution in [3.63, 3.8) is 0 Å². The van der Waals surface area contributed by atoms with Crippen LogP contribution in [0.5, 0.6) is 0 Å². The zero-order chi connectivity index (χ0) is 12.6. The fraction of sp³-hybridized carbons (Fsp3) is 0.231. The number of rotatable bonds is 1. The molecular weight excluding hydrogens is 234 g/mol. The van der Waals surface area contributed by atoms with Gasteiger partial charge >= 0.3 is 0 Å². The van der Waals surface area contributed by atoms with Crippen molar-refractivity contribution in [3.05, 3.63) is 39.2 Å². The predicted molar refractivity (Wildman–Crippen MR) is 68.2 cm³/mol. The predicted octanol–water partition coefficient (Wildman–Crippen LogP) is 3.29. The van der Waals surface area contributed by atoms with Crippen LogP contribution in [-0.4, -0.2) is 0 Å². The molecule has 0 aliphatic carbocycles. The highest BCUT2D eigenvalue weighted by Crippen LogP contribution is 2.29. The number of thiocyanates is 1. The smallest absolute Gasteiger partial charge is 0.193 e. The zero-order valence-electron chi connectivity index (χ0n) is 9.83. The van der Waals surface area contributed by atoms with E-state index >= 15 is 0 Å². The molecule has 0 aliphatic rings. The van der Waals surface area contributed by atoms with Gasteiger partial charge in [-0.25, -0.2) is 0 Å². The van der Waals surface area contributed by atoms with Crippen LogP contribution in [-0.2, 0) is 0 Å². The Morgan fingerprint density at radius 1 is 1.29 bits per heavy atom. The first-order valence-corrected chi connectivity index (χ1v) is 5.97. The van der Waals surface area contributed by atoms with Gasteiger partial charge < -0.3 is 4.42 Å². The lowest BCUT2D eigenvalue weighted by Crippen LogP contribution is -2.04. The van der Waals surface area contributed by atoms with E-state index in [2.05, 4.69) is 0 Å². The van der Waals surface area contributed by atoms with Crippen LogP contribution in [0.25, 0.3) is 11.0 Å². The number of thioether (sulfide) groups is 1. The zero-order valence-corrected chi connectivity index (χ0v) is 10.6. The van der Waals surface area contributed by atoms with E-state index in [1.54, 1.807) is 6.92 Å². The lowest BCUT2D eigenvalue weighted by Gasteiger charge is -2.08. The van der Waals surface area contributed by atoms with Crippen molar-refractivity contribution in [2.75, 3.05) is 0 Å². The van der Waals surface area contributed by atoms with Crippen LogP contribution in [0.1, 0.15) is 16.9 Å². The summed E-state index contributed by atoms with van der Waals surface area (Å²) in [5, 5.41) is 11.3. The first kappa shape index (κ1) is 11.7. The van der Waals surface area contributed by atoms with Crippen molar-refractivity contribution in [2.24, 2.45) is 0 Å². The van der Waals surface area contributed by atoms with Crippen LogP contribution in [0, 0.1) is 31.4 Å². The van der Waals surface area contributed by atoms with Crippen LogP contribution < -0.4 is 5.43 Å². The molecule has 0 saturated heterocycles. The molecule has 86 valence electrons. The summed E-state index contributed by atoms with van der Waals surface area (Å²) in [7, 11) is 0. The molecule has 0 amide bonds. The number of nitriles is 1. The summed E-state index contributed by atoms with van der Waals surface area (Å²) in [5.41, 5.74) is 2.26. The third-order valence-corrected chi connectivity index (χ3v) is 3.41. The van der Waals surface area contributed by atoms with E-state index in [1.165, 1.54) is 6.07 Å². The minimum atomic E-state index is -0.0512. The van der Waals surface area contributed by atoms with E-state index in [4.69, 9.17) is 9.68 Å². The molecule has 0 N–H and O–H groups in total.